The molecule has 0 bridgehead atoms. The van der Waals surface area contributed by atoms with E-state index in [0.29, 0.717) is 12.4 Å². The van der Waals surface area contributed by atoms with Crippen LogP contribution in [0.3, 0.4) is 0 Å². The fourth-order valence-corrected chi connectivity index (χ4v) is 2.35. The van der Waals surface area contributed by atoms with Gasteiger partial charge in [0, 0.05) is 18.6 Å². The van der Waals surface area contributed by atoms with Gasteiger partial charge in [-0.15, -0.1) is 0 Å². The van der Waals surface area contributed by atoms with Crippen molar-refractivity contribution >= 4 is 11.9 Å². The van der Waals surface area contributed by atoms with E-state index in [9.17, 15) is 14.7 Å². The summed E-state index contributed by atoms with van der Waals surface area (Å²) in [6.07, 6.45) is 1.64. The quantitative estimate of drug-likeness (QED) is 0.783. The second kappa shape index (κ2) is 5.61. The third-order valence-corrected chi connectivity index (χ3v) is 3.65. The molecule has 0 radical (unpaired) electrons. The Hall–Kier alpha value is -2.67. The van der Waals surface area contributed by atoms with Crippen LogP contribution in [0.15, 0.2) is 36.5 Å². The van der Waals surface area contributed by atoms with E-state index in [0.717, 1.165) is 5.56 Å². The summed E-state index contributed by atoms with van der Waals surface area (Å²) >= 11 is 0. The first-order valence-corrected chi connectivity index (χ1v) is 6.85. The number of carboxylic acid groups (broad SMARTS) is 1. The Morgan fingerprint density at radius 1 is 1.32 bits per heavy atom. The summed E-state index contributed by atoms with van der Waals surface area (Å²) in [6, 6.07) is 9.35. The van der Waals surface area contributed by atoms with Crippen molar-refractivity contribution in [2.75, 3.05) is 13.2 Å². The third kappa shape index (κ3) is 2.58. The highest BCUT2D eigenvalue weighted by atomic mass is 16.5. The number of aromatic nitrogens is 2. The van der Waals surface area contributed by atoms with E-state index < -0.39 is 17.4 Å². The molecule has 1 aromatic carbocycles. The predicted octanol–water partition coefficient (Wildman–Crippen LogP) is 1.05. The molecule has 1 amide bonds. The van der Waals surface area contributed by atoms with Crippen molar-refractivity contribution in [2.24, 2.45) is 0 Å². The zero-order valence-corrected chi connectivity index (χ0v) is 11.7. The van der Waals surface area contributed by atoms with Crippen molar-refractivity contribution in [3.8, 4) is 11.4 Å². The smallest absolute Gasteiger partial charge is 0.331 e. The van der Waals surface area contributed by atoms with Crippen molar-refractivity contribution < 1.29 is 19.4 Å². The minimum absolute atomic E-state index is 0.0340. The molecule has 1 atom stereocenters. The lowest BCUT2D eigenvalue weighted by Gasteiger charge is -2.23. The molecule has 7 nitrogen and oxygen atoms in total. The molecule has 1 aromatic heterocycles. The van der Waals surface area contributed by atoms with Gasteiger partial charge in [-0.05, 0) is 0 Å². The fourth-order valence-electron chi connectivity index (χ4n) is 2.35. The van der Waals surface area contributed by atoms with Crippen molar-refractivity contribution in [3.63, 3.8) is 0 Å². The van der Waals surface area contributed by atoms with Crippen molar-refractivity contribution in [2.45, 2.75) is 12.0 Å². The number of ether oxygens (including phenoxy) is 1. The summed E-state index contributed by atoms with van der Waals surface area (Å²) in [5.74, 6) is -1.05. The van der Waals surface area contributed by atoms with Crippen molar-refractivity contribution in [1.82, 2.24) is 15.3 Å². The van der Waals surface area contributed by atoms with Gasteiger partial charge in [0.05, 0.1) is 12.8 Å². The van der Waals surface area contributed by atoms with Crippen LogP contribution >= 0.6 is 0 Å². The first-order valence-electron chi connectivity index (χ1n) is 6.85. The third-order valence-electron chi connectivity index (χ3n) is 3.65. The van der Waals surface area contributed by atoms with E-state index in [1.807, 2.05) is 30.3 Å². The molecule has 3 N–H and O–H groups in total. The lowest BCUT2D eigenvalue weighted by Crippen LogP contribution is -2.55. The summed E-state index contributed by atoms with van der Waals surface area (Å²) in [5.41, 5.74) is -0.306. The van der Waals surface area contributed by atoms with E-state index in [2.05, 4.69) is 15.3 Å². The first-order chi connectivity index (χ1) is 10.6. The Morgan fingerprint density at radius 3 is 2.73 bits per heavy atom. The van der Waals surface area contributed by atoms with E-state index in [-0.39, 0.29) is 18.7 Å². The predicted molar refractivity (Wildman–Crippen MR) is 77.3 cm³/mol. The molecule has 0 saturated carbocycles. The average molecular weight is 301 g/mol. The highest BCUT2D eigenvalue weighted by Gasteiger charge is 2.44. The molecule has 1 aliphatic rings. The van der Waals surface area contributed by atoms with Gasteiger partial charge in [-0.3, -0.25) is 4.79 Å². The number of hydrogen-bond donors (Lipinski definition) is 3. The molecule has 1 aliphatic heterocycles. The van der Waals surface area contributed by atoms with Gasteiger partial charge in [-0.25, -0.2) is 9.78 Å². The Morgan fingerprint density at radius 2 is 2.09 bits per heavy atom. The van der Waals surface area contributed by atoms with E-state index in [4.69, 9.17) is 4.74 Å². The van der Waals surface area contributed by atoms with Crippen LogP contribution < -0.4 is 5.32 Å². The van der Waals surface area contributed by atoms with Gasteiger partial charge >= 0.3 is 5.97 Å². The van der Waals surface area contributed by atoms with Crippen molar-refractivity contribution in [3.05, 3.63) is 42.2 Å². The molecule has 2 aromatic rings. The number of imidazole rings is 1. The lowest BCUT2D eigenvalue weighted by molar-refractivity contribution is -0.144. The van der Waals surface area contributed by atoms with Crippen LogP contribution in [0.25, 0.3) is 11.4 Å². The van der Waals surface area contributed by atoms with Gasteiger partial charge in [-0.1, -0.05) is 30.3 Å². The van der Waals surface area contributed by atoms with Crippen LogP contribution in [0, 0.1) is 0 Å². The van der Waals surface area contributed by atoms with Gasteiger partial charge in [0.2, 0.25) is 0 Å². The van der Waals surface area contributed by atoms with Crippen LogP contribution in [0.1, 0.15) is 16.9 Å². The Balaban J connectivity index is 1.79. The molecule has 1 saturated heterocycles. The number of amides is 1. The van der Waals surface area contributed by atoms with Crippen LogP contribution in [0.5, 0.6) is 0 Å². The van der Waals surface area contributed by atoms with Crippen LogP contribution in [-0.4, -0.2) is 45.7 Å². The molecular formula is C15H15N3O4. The maximum Gasteiger partial charge on any atom is 0.331 e. The minimum Gasteiger partial charge on any atom is -0.479 e. The number of nitrogens with zero attached hydrogens (tertiary/aromatic N) is 1. The largest absolute Gasteiger partial charge is 0.479 e. The summed E-state index contributed by atoms with van der Waals surface area (Å²) in [4.78, 5) is 30.7. The molecule has 0 spiro atoms. The highest BCUT2D eigenvalue weighted by molar-refractivity contribution is 5.96. The van der Waals surface area contributed by atoms with Gasteiger partial charge in [0.15, 0.2) is 5.54 Å². The minimum atomic E-state index is -1.37. The SMILES string of the molecule is O=C(NC1(C(=O)O)CCOC1)c1cnc(-c2ccccc2)[nH]1. The molecule has 2 heterocycles. The number of carboxylic acids is 1. The maximum absolute atomic E-state index is 12.3. The number of aromatic amines is 1. The van der Waals surface area contributed by atoms with E-state index >= 15 is 0 Å². The van der Waals surface area contributed by atoms with Crippen LogP contribution in [0.2, 0.25) is 0 Å². The molecule has 114 valence electrons. The normalized spacial score (nSPS) is 20.7. The zero-order valence-electron chi connectivity index (χ0n) is 11.7. The number of aliphatic carboxylic acids is 1. The number of hydrogen-bond acceptors (Lipinski definition) is 4. The molecule has 0 aliphatic carbocycles. The molecule has 22 heavy (non-hydrogen) atoms. The highest BCUT2D eigenvalue weighted by Crippen LogP contribution is 2.20. The number of carbonyl (C=O) groups is 2. The Kier molecular flexibility index (Phi) is 3.64. The number of H-pyrrole nitrogens is 1. The molecule has 1 fully saturated rings. The summed E-state index contributed by atoms with van der Waals surface area (Å²) in [5, 5.41) is 11.9. The van der Waals surface area contributed by atoms with E-state index in [1.54, 1.807) is 0 Å². The summed E-state index contributed by atoms with van der Waals surface area (Å²) in [6.45, 7) is 0.276. The molecule has 3 rings (SSSR count). The number of benzene rings is 1. The standard InChI is InChI=1S/C15H15N3O4/c19-13(18-15(14(20)21)6-7-22-9-15)11-8-16-12(17-11)10-4-2-1-3-5-10/h1-5,8H,6-7,9H2,(H,16,17)(H,18,19)(H,20,21). The summed E-state index contributed by atoms with van der Waals surface area (Å²) in [7, 11) is 0. The fraction of sp³-hybridized carbons (Fsp3) is 0.267. The maximum atomic E-state index is 12.3. The lowest BCUT2D eigenvalue weighted by atomic mass is 9.99. The second-order valence-electron chi connectivity index (χ2n) is 5.16. The van der Waals surface area contributed by atoms with Gasteiger partial charge < -0.3 is 20.1 Å². The van der Waals surface area contributed by atoms with Gasteiger partial charge in [-0.2, -0.15) is 0 Å². The van der Waals surface area contributed by atoms with E-state index in [1.165, 1.54) is 6.20 Å². The molecule has 7 heteroatoms. The number of rotatable bonds is 4. The topological polar surface area (TPSA) is 104 Å². The van der Waals surface area contributed by atoms with Crippen LogP contribution in [0.4, 0.5) is 0 Å². The molecular weight excluding hydrogens is 286 g/mol. The molecule has 1 unspecified atom stereocenters. The number of carbonyl (C=O) groups excluding carboxylic acids is 1. The zero-order chi connectivity index (χ0) is 15.6. The van der Waals surface area contributed by atoms with Gasteiger partial charge in [0.25, 0.3) is 5.91 Å². The van der Waals surface area contributed by atoms with Gasteiger partial charge in [0.1, 0.15) is 11.5 Å². The average Bonchev–Trinajstić information content (AvgIpc) is 3.18. The number of nitrogens with one attached hydrogen (secondary N) is 2. The Labute approximate surface area is 126 Å². The summed E-state index contributed by atoms with van der Waals surface area (Å²) < 4.78 is 5.11. The van der Waals surface area contributed by atoms with Crippen LogP contribution in [-0.2, 0) is 9.53 Å². The van der Waals surface area contributed by atoms with Crippen molar-refractivity contribution in [1.29, 1.82) is 0 Å². The second-order valence-corrected chi connectivity index (χ2v) is 5.16. The monoisotopic (exact) mass is 301 g/mol. The Bertz CT molecular complexity index is 690. The first kappa shape index (κ1) is 14.3.